The standard InChI is InChI=1S/C14H28NO2/c1-7-9-14(5,6)17-11-10-13(3,4)15-12(16)8-2/h8,16H,7,9-11H2,1-6H3/q-1/p-1. The summed E-state index contributed by atoms with van der Waals surface area (Å²) in [6.45, 7) is 12.6. The van der Waals surface area contributed by atoms with Gasteiger partial charge in [-0.25, -0.2) is 5.88 Å². The lowest BCUT2D eigenvalue weighted by atomic mass is 10.00. The van der Waals surface area contributed by atoms with E-state index in [0.717, 1.165) is 19.3 Å². The first-order valence-electron chi connectivity index (χ1n) is 6.42. The van der Waals surface area contributed by atoms with Gasteiger partial charge in [-0.15, -0.1) is 11.6 Å². The lowest BCUT2D eigenvalue weighted by Gasteiger charge is -2.46. The average Bonchev–Trinajstić information content (AvgIpc) is 2.15. The second-order valence-corrected chi connectivity index (χ2v) is 5.66. The Balaban J connectivity index is 4.02. The highest BCUT2D eigenvalue weighted by Gasteiger charge is 2.17. The van der Waals surface area contributed by atoms with E-state index in [2.05, 4.69) is 26.1 Å². The lowest BCUT2D eigenvalue weighted by Crippen LogP contribution is -2.29. The zero-order valence-electron chi connectivity index (χ0n) is 12.2. The number of allylic oxidation sites excluding steroid dienone is 1. The predicted molar refractivity (Wildman–Crippen MR) is 70.8 cm³/mol. The maximum Gasteiger partial charge on any atom is 0.0626 e. The third-order valence-electron chi connectivity index (χ3n) is 2.72. The summed E-state index contributed by atoms with van der Waals surface area (Å²) in [5.41, 5.74) is -0.419. The van der Waals surface area contributed by atoms with Gasteiger partial charge in [-0.2, -0.15) is 0 Å². The molecule has 0 radical (unpaired) electrons. The molecule has 0 atom stereocenters. The highest BCUT2D eigenvalue weighted by Crippen LogP contribution is 2.25. The Bertz CT molecular complexity index is 245. The minimum Gasteiger partial charge on any atom is -0.889 e. The summed E-state index contributed by atoms with van der Waals surface area (Å²) >= 11 is 0. The molecule has 0 fully saturated rings. The molecule has 3 nitrogen and oxygen atoms in total. The molecule has 0 unspecified atom stereocenters. The van der Waals surface area contributed by atoms with Gasteiger partial charge in [0.25, 0.3) is 0 Å². The minimum atomic E-state index is -0.341. The molecule has 0 saturated carbocycles. The van der Waals surface area contributed by atoms with E-state index in [1.54, 1.807) is 6.92 Å². The molecule has 102 valence electrons. The molecule has 3 heteroatoms. The maximum atomic E-state index is 11.2. The molecule has 0 aliphatic carbocycles. The van der Waals surface area contributed by atoms with Crippen molar-refractivity contribution in [2.24, 2.45) is 0 Å². The minimum absolute atomic E-state index is 0.0777. The van der Waals surface area contributed by atoms with Crippen LogP contribution in [0.25, 0.3) is 5.32 Å². The van der Waals surface area contributed by atoms with Crippen LogP contribution in [0.1, 0.15) is 60.8 Å². The Morgan fingerprint density at radius 2 is 1.82 bits per heavy atom. The van der Waals surface area contributed by atoms with Crippen molar-refractivity contribution in [1.82, 2.24) is 0 Å². The molecule has 0 aliphatic heterocycles. The molecular formula is C14H27NO2-2. The van der Waals surface area contributed by atoms with Crippen molar-refractivity contribution in [1.29, 1.82) is 0 Å². The van der Waals surface area contributed by atoms with Crippen LogP contribution < -0.4 is 5.11 Å². The van der Waals surface area contributed by atoms with Crippen molar-refractivity contribution in [3.05, 3.63) is 17.3 Å². The van der Waals surface area contributed by atoms with Gasteiger partial charge in [-0.05, 0) is 33.6 Å². The van der Waals surface area contributed by atoms with Crippen LogP contribution >= 0.6 is 0 Å². The van der Waals surface area contributed by atoms with E-state index in [4.69, 9.17) is 4.74 Å². The zero-order valence-corrected chi connectivity index (χ0v) is 12.2. The van der Waals surface area contributed by atoms with E-state index in [1.165, 1.54) is 6.08 Å². The van der Waals surface area contributed by atoms with Crippen LogP contribution in [0.15, 0.2) is 12.0 Å². The molecular weight excluding hydrogens is 214 g/mol. The van der Waals surface area contributed by atoms with Crippen molar-refractivity contribution < 1.29 is 9.84 Å². The average molecular weight is 241 g/mol. The Morgan fingerprint density at radius 3 is 2.29 bits per heavy atom. The first-order chi connectivity index (χ1) is 7.72. The lowest BCUT2D eigenvalue weighted by molar-refractivity contribution is -0.298. The van der Waals surface area contributed by atoms with Crippen molar-refractivity contribution in [2.45, 2.75) is 71.9 Å². The fourth-order valence-corrected chi connectivity index (χ4v) is 1.67. The van der Waals surface area contributed by atoms with E-state index in [9.17, 15) is 5.11 Å². The molecule has 0 amide bonds. The predicted octanol–water partition coefficient (Wildman–Crippen LogP) is 3.35. The highest BCUT2D eigenvalue weighted by atomic mass is 16.5. The molecule has 0 bridgehead atoms. The summed E-state index contributed by atoms with van der Waals surface area (Å²) in [4.78, 5) is 0. The van der Waals surface area contributed by atoms with Gasteiger partial charge in [0.15, 0.2) is 0 Å². The van der Waals surface area contributed by atoms with Crippen LogP contribution in [0.4, 0.5) is 0 Å². The molecule has 0 rings (SSSR count). The van der Waals surface area contributed by atoms with Gasteiger partial charge >= 0.3 is 0 Å². The second kappa shape index (κ2) is 6.90. The summed E-state index contributed by atoms with van der Waals surface area (Å²) in [6.07, 6.45) is 4.42. The largest absolute Gasteiger partial charge is 0.889 e. The Kier molecular flexibility index (Phi) is 6.61. The normalized spacial score (nSPS) is 13.9. The molecule has 0 aromatic heterocycles. The summed E-state index contributed by atoms with van der Waals surface area (Å²) < 4.78 is 5.84. The Morgan fingerprint density at radius 1 is 1.24 bits per heavy atom. The third kappa shape index (κ3) is 8.08. The SMILES string of the molecule is CC=C([O-])[N-]C(C)(C)CCOC(C)(C)CCC. The van der Waals surface area contributed by atoms with Crippen LogP contribution in [0, 0.1) is 0 Å². The van der Waals surface area contributed by atoms with Crippen molar-refractivity contribution in [2.75, 3.05) is 6.61 Å². The van der Waals surface area contributed by atoms with E-state index in [-0.39, 0.29) is 17.0 Å². The van der Waals surface area contributed by atoms with Gasteiger partial charge in [0, 0.05) is 6.61 Å². The van der Waals surface area contributed by atoms with Crippen LogP contribution in [-0.2, 0) is 4.74 Å². The van der Waals surface area contributed by atoms with Crippen LogP contribution in [-0.4, -0.2) is 17.7 Å². The van der Waals surface area contributed by atoms with Crippen molar-refractivity contribution >= 4 is 0 Å². The first-order valence-corrected chi connectivity index (χ1v) is 6.42. The smallest absolute Gasteiger partial charge is 0.0626 e. The van der Waals surface area contributed by atoms with E-state index >= 15 is 0 Å². The quantitative estimate of drug-likeness (QED) is 0.612. The van der Waals surface area contributed by atoms with Crippen molar-refractivity contribution in [3.8, 4) is 0 Å². The zero-order chi connectivity index (χ0) is 13.5. The fourth-order valence-electron chi connectivity index (χ4n) is 1.67. The molecule has 0 heterocycles. The van der Waals surface area contributed by atoms with Gasteiger partial charge in [0.2, 0.25) is 0 Å². The summed E-state index contributed by atoms with van der Waals surface area (Å²) in [5.74, 6) is -0.150. The first kappa shape index (κ1) is 16.3. The maximum absolute atomic E-state index is 11.2. The van der Waals surface area contributed by atoms with E-state index < -0.39 is 0 Å². The number of hydrogen-bond acceptors (Lipinski definition) is 2. The van der Waals surface area contributed by atoms with E-state index in [0.29, 0.717) is 6.61 Å². The van der Waals surface area contributed by atoms with Gasteiger partial charge in [-0.3, -0.25) is 0 Å². The van der Waals surface area contributed by atoms with Gasteiger partial charge in [0.1, 0.15) is 0 Å². The molecule has 0 saturated heterocycles. The molecule has 17 heavy (non-hydrogen) atoms. The molecule has 0 aliphatic rings. The summed E-state index contributed by atoms with van der Waals surface area (Å²) in [6, 6.07) is 0. The number of hydrogen-bond donors (Lipinski definition) is 0. The van der Waals surface area contributed by atoms with Gasteiger partial charge < -0.3 is 15.2 Å². The third-order valence-corrected chi connectivity index (χ3v) is 2.72. The summed E-state index contributed by atoms with van der Waals surface area (Å²) in [5, 5.41) is 15.3. The molecule has 0 N–H and O–H groups in total. The van der Waals surface area contributed by atoms with Gasteiger partial charge in [0.05, 0.1) is 5.60 Å². The Labute approximate surface area is 106 Å². The molecule has 0 aromatic rings. The Hall–Kier alpha value is -0.700. The molecule has 0 spiro atoms. The fraction of sp³-hybridized carbons (Fsp3) is 0.857. The topological polar surface area (TPSA) is 46.4 Å². The monoisotopic (exact) mass is 241 g/mol. The highest BCUT2D eigenvalue weighted by molar-refractivity contribution is 5.15. The number of rotatable bonds is 8. The van der Waals surface area contributed by atoms with Crippen LogP contribution in [0.5, 0.6) is 0 Å². The van der Waals surface area contributed by atoms with Crippen LogP contribution in [0.2, 0.25) is 0 Å². The van der Waals surface area contributed by atoms with E-state index in [1.807, 2.05) is 13.8 Å². The second-order valence-electron chi connectivity index (χ2n) is 5.66. The number of ether oxygens (including phenoxy) is 1. The van der Waals surface area contributed by atoms with Gasteiger partial charge in [-0.1, -0.05) is 27.2 Å². The van der Waals surface area contributed by atoms with Crippen molar-refractivity contribution in [3.63, 3.8) is 0 Å². The number of nitrogens with zero attached hydrogens (tertiary/aromatic N) is 1. The summed E-state index contributed by atoms with van der Waals surface area (Å²) in [7, 11) is 0. The molecule has 0 aromatic carbocycles. The van der Waals surface area contributed by atoms with Crippen LogP contribution in [0.3, 0.4) is 0 Å².